The molecule has 0 spiro atoms. The molecule has 4 nitrogen and oxygen atoms in total. The van der Waals surface area contributed by atoms with Crippen LogP contribution < -0.4 is 10.6 Å². The van der Waals surface area contributed by atoms with Gasteiger partial charge in [-0.3, -0.25) is 0 Å². The highest BCUT2D eigenvalue weighted by molar-refractivity contribution is 5.85. The molecule has 0 saturated carbocycles. The summed E-state index contributed by atoms with van der Waals surface area (Å²) in [6.45, 7) is 0.628. The molecule has 0 aliphatic carbocycles. The van der Waals surface area contributed by atoms with Gasteiger partial charge < -0.3 is 10.6 Å². The first-order chi connectivity index (χ1) is 9.72. The molecular weight excluding hydrogens is 248 g/mol. The van der Waals surface area contributed by atoms with E-state index in [0.717, 1.165) is 11.5 Å². The zero-order valence-corrected chi connectivity index (χ0v) is 11.3. The lowest BCUT2D eigenvalue weighted by atomic mass is 10.1. The molecule has 0 unspecified atom stereocenters. The number of aromatic nitrogens is 2. The van der Waals surface area contributed by atoms with E-state index in [1.54, 1.807) is 12.3 Å². The number of nitrogens with two attached hydrogens (primary N) is 1. The maximum atomic E-state index is 5.68. The number of anilines is 2. The molecule has 0 fully saturated rings. The average molecular weight is 264 g/mol. The number of hydrogen-bond donors (Lipinski definition) is 1. The molecule has 0 aliphatic heterocycles. The molecule has 3 rings (SSSR count). The Morgan fingerprint density at radius 2 is 1.85 bits per heavy atom. The van der Waals surface area contributed by atoms with Crippen molar-refractivity contribution in [2.75, 3.05) is 17.7 Å². The second-order valence-electron chi connectivity index (χ2n) is 4.79. The molecule has 1 aromatic heterocycles. The lowest BCUT2D eigenvalue weighted by Gasteiger charge is -2.19. The SMILES string of the molecule is CN(Cc1nccc(N)n1)c1ccc2ccccc2c1. The predicted molar refractivity (Wildman–Crippen MR) is 82.5 cm³/mol. The van der Waals surface area contributed by atoms with Crippen molar-refractivity contribution in [2.45, 2.75) is 6.54 Å². The zero-order chi connectivity index (χ0) is 13.9. The third-order valence-electron chi connectivity index (χ3n) is 3.28. The van der Waals surface area contributed by atoms with Crippen LogP contribution in [0.1, 0.15) is 5.82 Å². The van der Waals surface area contributed by atoms with Crippen LogP contribution in [-0.4, -0.2) is 17.0 Å². The number of nitrogen functional groups attached to an aromatic ring is 1. The van der Waals surface area contributed by atoms with Gasteiger partial charge in [0, 0.05) is 18.9 Å². The van der Waals surface area contributed by atoms with E-state index in [1.165, 1.54) is 10.8 Å². The third kappa shape index (κ3) is 2.54. The molecule has 0 atom stereocenters. The maximum absolute atomic E-state index is 5.68. The molecule has 1 heterocycles. The summed E-state index contributed by atoms with van der Waals surface area (Å²) >= 11 is 0. The fraction of sp³-hybridized carbons (Fsp3) is 0.125. The van der Waals surface area contributed by atoms with Crippen LogP contribution in [0.5, 0.6) is 0 Å². The van der Waals surface area contributed by atoms with Crippen LogP contribution in [-0.2, 0) is 6.54 Å². The van der Waals surface area contributed by atoms with E-state index in [2.05, 4.69) is 45.2 Å². The third-order valence-corrected chi connectivity index (χ3v) is 3.28. The van der Waals surface area contributed by atoms with E-state index >= 15 is 0 Å². The van der Waals surface area contributed by atoms with E-state index in [-0.39, 0.29) is 0 Å². The van der Waals surface area contributed by atoms with Crippen molar-refractivity contribution in [1.82, 2.24) is 9.97 Å². The first-order valence-electron chi connectivity index (χ1n) is 6.50. The number of rotatable bonds is 3. The predicted octanol–water partition coefficient (Wildman–Crippen LogP) is 2.85. The van der Waals surface area contributed by atoms with Crippen molar-refractivity contribution in [3.63, 3.8) is 0 Å². The molecule has 20 heavy (non-hydrogen) atoms. The topological polar surface area (TPSA) is 55.0 Å². The van der Waals surface area contributed by atoms with Gasteiger partial charge in [-0.1, -0.05) is 30.3 Å². The van der Waals surface area contributed by atoms with Gasteiger partial charge in [-0.15, -0.1) is 0 Å². The number of hydrogen-bond acceptors (Lipinski definition) is 4. The first kappa shape index (κ1) is 12.4. The normalized spacial score (nSPS) is 10.7. The van der Waals surface area contributed by atoms with Crippen LogP contribution >= 0.6 is 0 Å². The minimum Gasteiger partial charge on any atom is -0.384 e. The van der Waals surface area contributed by atoms with Gasteiger partial charge >= 0.3 is 0 Å². The van der Waals surface area contributed by atoms with Crippen LogP contribution in [0, 0.1) is 0 Å². The Morgan fingerprint density at radius 1 is 1.05 bits per heavy atom. The lowest BCUT2D eigenvalue weighted by Crippen LogP contribution is -2.18. The van der Waals surface area contributed by atoms with Gasteiger partial charge in [0.25, 0.3) is 0 Å². The summed E-state index contributed by atoms with van der Waals surface area (Å²) in [6.07, 6.45) is 1.69. The Kier molecular flexibility index (Phi) is 3.21. The van der Waals surface area contributed by atoms with Gasteiger partial charge in [-0.2, -0.15) is 0 Å². The van der Waals surface area contributed by atoms with E-state index in [4.69, 9.17) is 5.73 Å². The van der Waals surface area contributed by atoms with Crippen LogP contribution in [0.2, 0.25) is 0 Å². The van der Waals surface area contributed by atoms with E-state index in [0.29, 0.717) is 12.4 Å². The van der Waals surface area contributed by atoms with Crippen molar-refractivity contribution in [3.05, 3.63) is 60.6 Å². The molecule has 0 saturated heterocycles. The summed E-state index contributed by atoms with van der Waals surface area (Å²) in [5.74, 6) is 1.22. The van der Waals surface area contributed by atoms with Crippen LogP contribution in [0.15, 0.2) is 54.7 Å². The molecule has 0 bridgehead atoms. The van der Waals surface area contributed by atoms with Crippen LogP contribution in [0.25, 0.3) is 10.8 Å². The minimum absolute atomic E-state index is 0.502. The maximum Gasteiger partial charge on any atom is 0.149 e. The quantitative estimate of drug-likeness (QED) is 0.790. The number of benzene rings is 2. The largest absolute Gasteiger partial charge is 0.384 e. The fourth-order valence-corrected chi connectivity index (χ4v) is 2.21. The van der Waals surface area contributed by atoms with Gasteiger partial charge in [-0.05, 0) is 29.0 Å². The Hall–Kier alpha value is -2.62. The zero-order valence-electron chi connectivity index (χ0n) is 11.3. The molecule has 4 heteroatoms. The highest BCUT2D eigenvalue weighted by Gasteiger charge is 2.05. The van der Waals surface area contributed by atoms with Crippen LogP contribution in [0.4, 0.5) is 11.5 Å². The summed E-state index contributed by atoms with van der Waals surface area (Å²) in [6, 6.07) is 16.4. The second kappa shape index (κ2) is 5.17. The van der Waals surface area contributed by atoms with Crippen molar-refractivity contribution in [3.8, 4) is 0 Å². The van der Waals surface area contributed by atoms with Crippen LogP contribution in [0.3, 0.4) is 0 Å². The summed E-state index contributed by atoms with van der Waals surface area (Å²) in [7, 11) is 2.02. The Morgan fingerprint density at radius 3 is 2.65 bits per heavy atom. The molecule has 100 valence electrons. The summed E-state index contributed by atoms with van der Waals surface area (Å²) in [5, 5.41) is 2.47. The van der Waals surface area contributed by atoms with Crippen molar-refractivity contribution in [1.29, 1.82) is 0 Å². The average Bonchev–Trinajstić information content (AvgIpc) is 2.47. The van der Waals surface area contributed by atoms with Gasteiger partial charge in [0.05, 0.1) is 6.54 Å². The Labute approximate surface area is 117 Å². The van der Waals surface area contributed by atoms with Crippen molar-refractivity contribution >= 4 is 22.3 Å². The first-order valence-corrected chi connectivity index (χ1v) is 6.50. The summed E-state index contributed by atoms with van der Waals surface area (Å²) in [4.78, 5) is 10.6. The Balaban J connectivity index is 1.86. The van der Waals surface area contributed by atoms with Gasteiger partial charge in [0.1, 0.15) is 11.6 Å². The molecule has 2 N–H and O–H groups in total. The van der Waals surface area contributed by atoms with Gasteiger partial charge in [0.15, 0.2) is 0 Å². The van der Waals surface area contributed by atoms with Crippen molar-refractivity contribution < 1.29 is 0 Å². The smallest absolute Gasteiger partial charge is 0.149 e. The van der Waals surface area contributed by atoms with Gasteiger partial charge in [0.2, 0.25) is 0 Å². The van der Waals surface area contributed by atoms with E-state index in [9.17, 15) is 0 Å². The molecule has 0 amide bonds. The second-order valence-corrected chi connectivity index (χ2v) is 4.79. The van der Waals surface area contributed by atoms with E-state index in [1.807, 2.05) is 19.2 Å². The molecular formula is C16H16N4. The standard InChI is InChI=1S/C16H16N4/c1-20(11-16-18-9-8-15(17)19-16)14-7-6-12-4-2-3-5-13(12)10-14/h2-10H,11H2,1H3,(H2,17,18,19). The fourth-order valence-electron chi connectivity index (χ4n) is 2.21. The highest BCUT2D eigenvalue weighted by atomic mass is 15.1. The van der Waals surface area contributed by atoms with E-state index < -0.39 is 0 Å². The molecule has 2 aromatic carbocycles. The van der Waals surface area contributed by atoms with Crippen molar-refractivity contribution in [2.24, 2.45) is 0 Å². The van der Waals surface area contributed by atoms with Gasteiger partial charge in [-0.25, -0.2) is 9.97 Å². The highest BCUT2D eigenvalue weighted by Crippen LogP contribution is 2.22. The summed E-state index contributed by atoms with van der Waals surface area (Å²) in [5.41, 5.74) is 6.81. The molecule has 0 radical (unpaired) electrons. The molecule has 0 aliphatic rings. The molecule has 3 aromatic rings. The minimum atomic E-state index is 0.502. The monoisotopic (exact) mass is 264 g/mol. The number of nitrogens with zero attached hydrogens (tertiary/aromatic N) is 3. The lowest BCUT2D eigenvalue weighted by molar-refractivity contribution is 0.841. The Bertz CT molecular complexity index is 739. The summed E-state index contributed by atoms with van der Waals surface area (Å²) < 4.78 is 0. The number of fused-ring (bicyclic) bond motifs is 1.